The number of amides is 2. The van der Waals surface area contributed by atoms with Gasteiger partial charge in [-0.3, -0.25) is 0 Å². The number of rotatable bonds is 2. The maximum Gasteiger partial charge on any atom is 0.320 e. The molecular formula is C17H21N5O3. The molecule has 8 nitrogen and oxygen atoms in total. The second-order valence-corrected chi connectivity index (χ2v) is 6.11. The number of ether oxygens (including phenoxy) is 1. The Balaban J connectivity index is 1.36. The number of carbonyl (C=O) groups excluding carboxylic acids is 1. The molecule has 4 rings (SSSR count). The number of morpholine rings is 1. The first-order chi connectivity index (χ1) is 12.3. The van der Waals surface area contributed by atoms with Crippen LogP contribution in [0.2, 0.25) is 0 Å². The number of piperazine rings is 1. The van der Waals surface area contributed by atoms with Crippen LogP contribution >= 0.6 is 0 Å². The molecule has 25 heavy (non-hydrogen) atoms. The molecule has 1 aromatic heterocycles. The zero-order chi connectivity index (χ0) is 17.1. The van der Waals surface area contributed by atoms with Crippen LogP contribution in [0.4, 0.5) is 10.8 Å². The summed E-state index contributed by atoms with van der Waals surface area (Å²) in [5.41, 5.74) is 0.905. The Hall–Kier alpha value is -2.61. The fraction of sp³-hybridized carbons (Fsp3) is 0.471. The van der Waals surface area contributed by atoms with Crippen molar-refractivity contribution < 1.29 is 13.9 Å². The van der Waals surface area contributed by atoms with Crippen LogP contribution in [0.15, 0.2) is 34.7 Å². The molecule has 0 spiro atoms. The molecule has 0 radical (unpaired) electrons. The number of hydrogen-bond donors (Lipinski definition) is 0. The predicted molar refractivity (Wildman–Crippen MR) is 91.3 cm³/mol. The van der Waals surface area contributed by atoms with Gasteiger partial charge in [0.1, 0.15) is 0 Å². The molecule has 2 amide bonds. The number of nitrogens with zero attached hydrogens (tertiary/aromatic N) is 5. The van der Waals surface area contributed by atoms with Crippen LogP contribution < -0.4 is 4.90 Å². The van der Waals surface area contributed by atoms with Gasteiger partial charge in [-0.05, 0) is 12.1 Å². The maximum atomic E-state index is 12.5. The molecule has 2 aromatic rings. The highest BCUT2D eigenvalue weighted by Crippen LogP contribution is 2.22. The van der Waals surface area contributed by atoms with Crippen molar-refractivity contribution in [1.29, 1.82) is 0 Å². The molecule has 0 atom stereocenters. The zero-order valence-electron chi connectivity index (χ0n) is 14.0. The average molecular weight is 343 g/mol. The van der Waals surface area contributed by atoms with Crippen LogP contribution in [0, 0.1) is 0 Å². The summed E-state index contributed by atoms with van der Waals surface area (Å²) in [6.45, 7) is 5.26. The van der Waals surface area contributed by atoms with Crippen molar-refractivity contribution in [2.75, 3.05) is 57.4 Å². The second kappa shape index (κ2) is 7.10. The Kier molecular flexibility index (Phi) is 4.51. The highest BCUT2D eigenvalue weighted by atomic mass is 16.5. The van der Waals surface area contributed by atoms with E-state index in [-0.39, 0.29) is 6.03 Å². The smallest absolute Gasteiger partial charge is 0.320 e. The molecule has 0 bridgehead atoms. The van der Waals surface area contributed by atoms with Gasteiger partial charge in [0.2, 0.25) is 5.89 Å². The lowest BCUT2D eigenvalue weighted by molar-refractivity contribution is 0.0428. The molecule has 132 valence electrons. The van der Waals surface area contributed by atoms with E-state index in [1.165, 1.54) is 0 Å². The fourth-order valence-corrected chi connectivity index (χ4v) is 3.08. The van der Waals surface area contributed by atoms with E-state index in [1.807, 2.05) is 45.0 Å². The van der Waals surface area contributed by atoms with Crippen molar-refractivity contribution in [3.05, 3.63) is 30.3 Å². The van der Waals surface area contributed by atoms with Crippen LogP contribution in [0.3, 0.4) is 0 Å². The monoisotopic (exact) mass is 343 g/mol. The van der Waals surface area contributed by atoms with E-state index in [0.717, 1.165) is 5.56 Å². The van der Waals surface area contributed by atoms with E-state index < -0.39 is 0 Å². The molecule has 2 aliphatic rings. The maximum absolute atomic E-state index is 12.5. The van der Waals surface area contributed by atoms with Gasteiger partial charge in [-0.25, -0.2) is 4.79 Å². The molecule has 2 aliphatic heterocycles. The number of urea groups is 1. The standard InChI is InChI=1S/C17H21N5O3/c23-17(22-10-12-24-13-11-22)21-8-6-20(7-9-21)16-19-18-15(25-16)14-4-2-1-3-5-14/h1-5H,6-13H2. The van der Waals surface area contributed by atoms with Crippen molar-refractivity contribution in [3.8, 4) is 11.5 Å². The van der Waals surface area contributed by atoms with Gasteiger partial charge >= 0.3 is 12.0 Å². The quantitative estimate of drug-likeness (QED) is 0.818. The fourth-order valence-electron chi connectivity index (χ4n) is 3.08. The van der Waals surface area contributed by atoms with Gasteiger partial charge in [0, 0.05) is 44.8 Å². The first-order valence-corrected chi connectivity index (χ1v) is 8.57. The summed E-state index contributed by atoms with van der Waals surface area (Å²) >= 11 is 0. The van der Waals surface area contributed by atoms with Crippen molar-refractivity contribution >= 4 is 12.0 Å². The van der Waals surface area contributed by atoms with Crippen LogP contribution in [0.1, 0.15) is 0 Å². The van der Waals surface area contributed by atoms with Gasteiger partial charge in [0.15, 0.2) is 0 Å². The van der Waals surface area contributed by atoms with E-state index >= 15 is 0 Å². The minimum atomic E-state index is 0.0958. The largest absolute Gasteiger partial charge is 0.403 e. The molecule has 8 heteroatoms. The molecule has 2 fully saturated rings. The van der Waals surface area contributed by atoms with Crippen LogP contribution in [-0.4, -0.2) is 78.5 Å². The predicted octanol–water partition coefficient (Wildman–Crippen LogP) is 1.31. The summed E-state index contributed by atoms with van der Waals surface area (Å²) in [4.78, 5) is 18.3. The molecule has 0 unspecified atom stereocenters. The normalized spacial score (nSPS) is 18.5. The number of anilines is 1. The lowest BCUT2D eigenvalue weighted by atomic mass is 10.2. The number of carbonyl (C=O) groups is 1. The van der Waals surface area contributed by atoms with E-state index in [0.29, 0.717) is 64.4 Å². The Morgan fingerprint density at radius 1 is 0.880 bits per heavy atom. The summed E-state index contributed by atoms with van der Waals surface area (Å²) in [7, 11) is 0. The summed E-state index contributed by atoms with van der Waals surface area (Å²) in [6, 6.07) is 10.3. The summed E-state index contributed by atoms with van der Waals surface area (Å²) < 4.78 is 11.1. The van der Waals surface area contributed by atoms with Gasteiger partial charge in [-0.2, -0.15) is 0 Å². The summed E-state index contributed by atoms with van der Waals surface area (Å²) in [5, 5.41) is 8.28. The second-order valence-electron chi connectivity index (χ2n) is 6.11. The lowest BCUT2D eigenvalue weighted by Gasteiger charge is -2.37. The first kappa shape index (κ1) is 15.9. The topological polar surface area (TPSA) is 74.9 Å². The molecule has 2 saturated heterocycles. The van der Waals surface area contributed by atoms with Crippen molar-refractivity contribution in [3.63, 3.8) is 0 Å². The third-order valence-corrected chi connectivity index (χ3v) is 4.54. The SMILES string of the molecule is O=C(N1CCOCC1)N1CCN(c2nnc(-c3ccccc3)o2)CC1. The Morgan fingerprint density at radius 2 is 1.56 bits per heavy atom. The number of aromatic nitrogens is 2. The number of hydrogen-bond acceptors (Lipinski definition) is 6. The average Bonchev–Trinajstić information content (AvgIpc) is 3.19. The Morgan fingerprint density at radius 3 is 2.28 bits per heavy atom. The molecular weight excluding hydrogens is 322 g/mol. The van der Waals surface area contributed by atoms with Crippen molar-refractivity contribution in [2.24, 2.45) is 0 Å². The van der Waals surface area contributed by atoms with Gasteiger partial charge in [-0.15, -0.1) is 5.10 Å². The highest BCUT2D eigenvalue weighted by molar-refractivity contribution is 5.75. The summed E-state index contributed by atoms with van der Waals surface area (Å²) in [5.74, 6) is 0.516. The van der Waals surface area contributed by atoms with E-state index in [4.69, 9.17) is 9.15 Å². The van der Waals surface area contributed by atoms with E-state index in [2.05, 4.69) is 10.2 Å². The minimum Gasteiger partial charge on any atom is -0.403 e. The lowest BCUT2D eigenvalue weighted by Crippen LogP contribution is -2.54. The third-order valence-electron chi connectivity index (χ3n) is 4.54. The Labute approximate surface area is 146 Å². The molecule has 1 aromatic carbocycles. The Bertz CT molecular complexity index is 706. The van der Waals surface area contributed by atoms with E-state index in [1.54, 1.807) is 0 Å². The zero-order valence-corrected chi connectivity index (χ0v) is 14.0. The van der Waals surface area contributed by atoms with Gasteiger partial charge in [0.05, 0.1) is 13.2 Å². The minimum absolute atomic E-state index is 0.0958. The summed E-state index contributed by atoms with van der Waals surface area (Å²) in [6.07, 6.45) is 0. The highest BCUT2D eigenvalue weighted by Gasteiger charge is 2.28. The molecule has 0 saturated carbocycles. The van der Waals surface area contributed by atoms with Gasteiger partial charge in [0.25, 0.3) is 0 Å². The van der Waals surface area contributed by atoms with Gasteiger partial charge in [-0.1, -0.05) is 23.3 Å². The van der Waals surface area contributed by atoms with Gasteiger partial charge < -0.3 is 23.9 Å². The van der Waals surface area contributed by atoms with Crippen molar-refractivity contribution in [2.45, 2.75) is 0 Å². The number of benzene rings is 1. The van der Waals surface area contributed by atoms with Crippen LogP contribution in [0.5, 0.6) is 0 Å². The van der Waals surface area contributed by atoms with Crippen molar-refractivity contribution in [1.82, 2.24) is 20.0 Å². The molecule has 0 aliphatic carbocycles. The first-order valence-electron chi connectivity index (χ1n) is 8.57. The third kappa shape index (κ3) is 3.43. The molecule has 0 N–H and O–H groups in total. The van der Waals surface area contributed by atoms with Crippen LogP contribution in [0.25, 0.3) is 11.5 Å². The van der Waals surface area contributed by atoms with E-state index in [9.17, 15) is 4.79 Å². The molecule has 3 heterocycles. The van der Waals surface area contributed by atoms with Crippen LogP contribution in [-0.2, 0) is 4.74 Å².